The zero-order chi connectivity index (χ0) is 15.3. The van der Waals surface area contributed by atoms with Crippen molar-refractivity contribution < 1.29 is 18.6 Å². The van der Waals surface area contributed by atoms with Crippen LogP contribution in [0.25, 0.3) is 0 Å². The maximum Gasteiger partial charge on any atom is 0.343 e. The molecule has 0 N–H and O–H groups in total. The molecule has 0 unspecified atom stereocenters. The van der Waals surface area contributed by atoms with E-state index in [1.165, 1.54) is 0 Å². The van der Waals surface area contributed by atoms with Crippen LogP contribution in [0.2, 0.25) is 0 Å². The van der Waals surface area contributed by atoms with Gasteiger partial charge in [0.2, 0.25) is 0 Å². The monoisotopic (exact) mass is 304 g/mol. The zero-order valence-corrected chi connectivity index (χ0v) is 12.9. The molecule has 5 heteroatoms. The number of hydrogen-bond acceptors (Lipinski definition) is 4. The summed E-state index contributed by atoms with van der Waals surface area (Å²) < 4.78 is 22.1. The average molecular weight is 304 g/mol. The fourth-order valence-electron chi connectivity index (χ4n) is 1.67. The molecule has 21 heavy (non-hydrogen) atoms. The largest absolute Gasteiger partial charge is 0.423 e. The first-order chi connectivity index (χ1) is 9.94. The molecule has 2 aromatic rings. The Morgan fingerprint density at radius 1 is 1.05 bits per heavy atom. The molecule has 2 rings (SSSR count). The van der Waals surface area contributed by atoms with E-state index in [2.05, 4.69) is 0 Å². The fourth-order valence-corrected chi connectivity index (χ4v) is 2.13. The summed E-state index contributed by atoms with van der Waals surface area (Å²) in [5, 5.41) is 0. The van der Waals surface area contributed by atoms with E-state index in [0.717, 1.165) is 5.56 Å². The molecule has 0 aliphatic carbocycles. The van der Waals surface area contributed by atoms with E-state index in [-0.39, 0.29) is 6.61 Å². The third-order valence-corrected chi connectivity index (χ3v) is 3.41. The molecule has 0 heterocycles. The van der Waals surface area contributed by atoms with E-state index in [1.54, 1.807) is 55.8 Å². The smallest absolute Gasteiger partial charge is 0.343 e. The van der Waals surface area contributed by atoms with Gasteiger partial charge in [-0.25, -0.2) is 4.79 Å². The Hall–Kier alpha value is -1.90. The first-order valence-electron chi connectivity index (χ1n) is 6.50. The molecule has 4 nitrogen and oxygen atoms in total. The van der Waals surface area contributed by atoms with Crippen LogP contribution >= 0.6 is 7.37 Å². The number of rotatable bonds is 5. The quantitative estimate of drug-likeness (QED) is 0.476. The highest BCUT2D eigenvalue weighted by molar-refractivity contribution is 7.57. The average Bonchev–Trinajstić information content (AvgIpc) is 2.46. The molecule has 0 saturated carbocycles. The molecule has 110 valence electrons. The van der Waals surface area contributed by atoms with Crippen molar-refractivity contribution in [2.75, 3.05) is 13.3 Å². The zero-order valence-electron chi connectivity index (χ0n) is 12.0. The maximum atomic E-state index is 11.9. The highest BCUT2D eigenvalue weighted by atomic mass is 31.2. The third-order valence-electron chi connectivity index (χ3n) is 2.66. The lowest BCUT2D eigenvalue weighted by atomic mass is 10.2. The van der Waals surface area contributed by atoms with Gasteiger partial charge >= 0.3 is 5.97 Å². The normalized spacial score (nSPS) is 11.1. The first kappa shape index (κ1) is 15.5. The van der Waals surface area contributed by atoms with Crippen molar-refractivity contribution >= 4 is 13.3 Å². The van der Waals surface area contributed by atoms with Crippen molar-refractivity contribution in [3.05, 3.63) is 65.7 Å². The van der Waals surface area contributed by atoms with Gasteiger partial charge in [0.25, 0.3) is 0 Å². The molecule has 0 saturated heterocycles. The van der Waals surface area contributed by atoms with Crippen molar-refractivity contribution in [3.8, 4) is 5.75 Å². The van der Waals surface area contributed by atoms with Gasteiger partial charge in [-0.1, -0.05) is 30.3 Å². The molecule has 2 aromatic carbocycles. The van der Waals surface area contributed by atoms with E-state index in [9.17, 15) is 9.36 Å². The van der Waals surface area contributed by atoms with E-state index in [4.69, 9.17) is 9.26 Å². The predicted octanol–water partition coefficient (Wildman–Crippen LogP) is 3.96. The van der Waals surface area contributed by atoms with Crippen LogP contribution in [0.15, 0.2) is 54.6 Å². The van der Waals surface area contributed by atoms with Gasteiger partial charge in [-0.3, -0.25) is 4.57 Å². The standard InChI is InChI=1S/C16H17O4P/c1-21(2,18)19-12-13-7-6-10-15(11-13)20-16(17)14-8-4-3-5-9-14/h3-11H,12H2,1-2H3. The highest BCUT2D eigenvalue weighted by Crippen LogP contribution is 2.38. The topological polar surface area (TPSA) is 52.6 Å². The van der Waals surface area contributed by atoms with Crippen molar-refractivity contribution in [1.29, 1.82) is 0 Å². The van der Waals surface area contributed by atoms with Crippen molar-refractivity contribution in [1.82, 2.24) is 0 Å². The molecule has 0 fully saturated rings. The lowest BCUT2D eigenvalue weighted by Crippen LogP contribution is -2.08. The van der Waals surface area contributed by atoms with E-state index in [1.807, 2.05) is 12.1 Å². The molecule has 0 aliphatic heterocycles. The van der Waals surface area contributed by atoms with Crippen LogP contribution in [0.5, 0.6) is 5.75 Å². The Bertz CT molecular complexity index is 661. The summed E-state index contributed by atoms with van der Waals surface area (Å²) in [6, 6.07) is 15.8. The van der Waals surface area contributed by atoms with Crippen molar-refractivity contribution in [2.24, 2.45) is 0 Å². The van der Waals surface area contributed by atoms with Crippen LogP contribution in [0.4, 0.5) is 0 Å². The lowest BCUT2D eigenvalue weighted by molar-refractivity contribution is 0.0734. The SMILES string of the molecule is CP(C)(=O)OCc1cccc(OC(=O)c2ccccc2)c1. The molecule has 0 aliphatic rings. The number of benzene rings is 2. The summed E-state index contributed by atoms with van der Waals surface area (Å²) in [6.45, 7) is 3.35. The number of carbonyl (C=O) groups is 1. The number of esters is 1. The van der Waals surface area contributed by atoms with Gasteiger partial charge < -0.3 is 9.26 Å². The fraction of sp³-hybridized carbons (Fsp3) is 0.188. The summed E-state index contributed by atoms with van der Waals surface area (Å²) in [5.41, 5.74) is 1.29. The summed E-state index contributed by atoms with van der Waals surface area (Å²) >= 11 is 0. The molecule has 0 amide bonds. The predicted molar refractivity (Wildman–Crippen MR) is 82.1 cm³/mol. The van der Waals surface area contributed by atoms with Crippen LogP contribution in [0, 0.1) is 0 Å². The minimum atomic E-state index is -2.53. The Labute approximate surface area is 124 Å². The third kappa shape index (κ3) is 5.18. The van der Waals surface area contributed by atoms with Crippen molar-refractivity contribution in [3.63, 3.8) is 0 Å². The second-order valence-corrected chi connectivity index (χ2v) is 7.69. The highest BCUT2D eigenvalue weighted by Gasteiger charge is 2.10. The second kappa shape index (κ2) is 6.70. The molecular formula is C16H17O4P. The van der Waals surface area contributed by atoms with E-state index >= 15 is 0 Å². The number of hydrogen-bond donors (Lipinski definition) is 0. The summed E-state index contributed by atoms with van der Waals surface area (Å²) in [5.74, 6) is 0.0253. The maximum absolute atomic E-state index is 11.9. The Balaban J connectivity index is 2.04. The Kier molecular flexibility index (Phi) is 4.94. The van der Waals surface area contributed by atoms with Crippen molar-refractivity contribution in [2.45, 2.75) is 6.61 Å². The summed E-state index contributed by atoms with van der Waals surface area (Å²) in [7, 11) is -2.53. The lowest BCUT2D eigenvalue weighted by Gasteiger charge is -2.09. The van der Waals surface area contributed by atoms with Crippen LogP contribution in [-0.4, -0.2) is 19.3 Å². The van der Waals surface area contributed by atoms with Gasteiger partial charge in [-0.05, 0) is 29.8 Å². The molecule has 0 radical (unpaired) electrons. The van der Waals surface area contributed by atoms with Gasteiger partial charge in [0.1, 0.15) is 5.75 Å². The molecule has 0 atom stereocenters. The Morgan fingerprint density at radius 3 is 2.43 bits per heavy atom. The number of ether oxygens (including phenoxy) is 1. The van der Waals surface area contributed by atoms with Gasteiger partial charge in [-0.15, -0.1) is 0 Å². The van der Waals surface area contributed by atoms with Crippen LogP contribution in [0.1, 0.15) is 15.9 Å². The Morgan fingerprint density at radius 2 is 1.76 bits per heavy atom. The van der Waals surface area contributed by atoms with Gasteiger partial charge in [0, 0.05) is 13.3 Å². The van der Waals surface area contributed by atoms with E-state index < -0.39 is 13.3 Å². The number of carbonyl (C=O) groups excluding carboxylic acids is 1. The van der Waals surface area contributed by atoms with Crippen LogP contribution in [0.3, 0.4) is 0 Å². The van der Waals surface area contributed by atoms with Gasteiger partial charge in [-0.2, -0.15) is 0 Å². The summed E-state index contributed by atoms with van der Waals surface area (Å²) in [4.78, 5) is 11.9. The minimum Gasteiger partial charge on any atom is -0.423 e. The second-order valence-electron chi connectivity index (χ2n) is 4.93. The van der Waals surface area contributed by atoms with Gasteiger partial charge in [0.15, 0.2) is 7.37 Å². The van der Waals surface area contributed by atoms with Crippen LogP contribution in [-0.2, 0) is 15.7 Å². The minimum absolute atomic E-state index is 0.223. The van der Waals surface area contributed by atoms with Crippen LogP contribution < -0.4 is 4.74 Å². The molecule has 0 spiro atoms. The first-order valence-corrected chi connectivity index (χ1v) is 9.02. The molecule has 0 aromatic heterocycles. The van der Waals surface area contributed by atoms with E-state index in [0.29, 0.717) is 11.3 Å². The van der Waals surface area contributed by atoms with Gasteiger partial charge in [0.05, 0.1) is 12.2 Å². The molecule has 0 bridgehead atoms. The molecular weight excluding hydrogens is 287 g/mol. The summed E-state index contributed by atoms with van der Waals surface area (Å²) in [6.07, 6.45) is 0.